The van der Waals surface area contributed by atoms with Crippen molar-refractivity contribution in [2.45, 2.75) is 6.04 Å². The molecule has 1 N–H and O–H groups in total. The van der Waals surface area contributed by atoms with E-state index in [9.17, 15) is 0 Å². The van der Waals surface area contributed by atoms with Crippen LogP contribution in [-0.4, -0.2) is 42.6 Å². The van der Waals surface area contributed by atoms with Gasteiger partial charge in [0.05, 0.1) is 18.5 Å². The molecular formula is C23H24N4OS. The second kappa shape index (κ2) is 8.59. The van der Waals surface area contributed by atoms with Crippen molar-refractivity contribution in [3.8, 4) is 16.2 Å². The Morgan fingerprint density at radius 3 is 2.48 bits per heavy atom. The first-order valence-corrected chi connectivity index (χ1v) is 10.3. The van der Waals surface area contributed by atoms with Gasteiger partial charge in [0, 0.05) is 11.4 Å². The van der Waals surface area contributed by atoms with Crippen molar-refractivity contribution >= 4 is 27.4 Å². The first-order chi connectivity index (χ1) is 14.2. The van der Waals surface area contributed by atoms with Crippen LogP contribution in [-0.2, 0) is 0 Å². The van der Waals surface area contributed by atoms with Crippen molar-refractivity contribution in [3.05, 3.63) is 72.6 Å². The van der Waals surface area contributed by atoms with Crippen LogP contribution in [0.2, 0.25) is 0 Å². The smallest absolute Gasteiger partial charge is 0.138 e. The van der Waals surface area contributed by atoms with Gasteiger partial charge in [-0.2, -0.15) is 0 Å². The van der Waals surface area contributed by atoms with Gasteiger partial charge in [0.15, 0.2) is 0 Å². The van der Waals surface area contributed by atoms with Crippen LogP contribution in [0.5, 0.6) is 5.75 Å². The maximum atomic E-state index is 5.28. The quantitative estimate of drug-likeness (QED) is 0.465. The SMILES string of the molecule is COc1ccc([C@@H](CNc2ncnc3sc(-c4ccccc4)cc23)N(C)C)cc1. The molecule has 5 nitrogen and oxygen atoms in total. The van der Waals surface area contributed by atoms with Gasteiger partial charge in [-0.05, 0) is 43.4 Å². The molecule has 4 rings (SSSR count). The number of nitrogens with one attached hydrogen (secondary N) is 1. The van der Waals surface area contributed by atoms with Crippen LogP contribution in [0, 0.1) is 0 Å². The third kappa shape index (κ3) is 4.23. The maximum absolute atomic E-state index is 5.28. The molecular weight excluding hydrogens is 380 g/mol. The molecule has 0 saturated carbocycles. The van der Waals surface area contributed by atoms with Gasteiger partial charge in [-0.15, -0.1) is 11.3 Å². The number of anilines is 1. The average molecular weight is 405 g/mol. The molecule has 148 valence electrons. The standard InChI is InChI=1S/C23H24N4OS/c1-27(2)20(16-9-11-18(28-3)12-10-16)14-24-22-19-13-21(17-7-5-4-6-8-17)29-23(19)26-15-25-22/h4-13,15,20H,14H2,1-3H3,(H,24,25,26)/t20-/m1/s1. The van der Waals surface area contributed by atoms with E-state index in [1.807, 2.05) is 18.2 Å². The van der Waals surface area contributed by atoms with Gasteiger partial charge in [-0.3, -0.25) is 0 Å². The first kappa shape index (κ1) is 19.4. The van der Waals surface area contributed by atoms with E-state index < -0.39 is 0 Å². The van der Waals surface area contributed by atoms with E-state index >= 15 is 0 Å². The molecule has 0 bridgehead atoms. The third-order valence-corrected chi connectivity index (χ3v) is 6.07. The highest BCUT2D eigenvalue weighted by molar-refractivity contribution is 7.21. The Balaban J connectivity index is 1.58. The maximum Gasteiger partial charge on any atom is 0.138 e. The topological polar surface area (TPSA) is 50.3 Å². The average Bonchev–Trinajstić information content (AvgIpc) is 3.20. The van der Waals surface area contributed by atoms with Crippen molar-refractivity contribution in [1.29, 1.82) is 0 Å². The molecule has 0 amide bonds. The van der Waals surface area contributed by atoms with Crippen molar-refractivity contribution < 1.29 is 4.74 Å². The zero-order chi connectivity index (χ0) is 20.2. The highest BCUT2D eigenvalue weighted by Crippen LogP contribution is 2.35. The minimum Gasteiger partial charge on any atom is -0.497 e. The Hall–Kier alpha value is -2.96. The first-order valence-electron chi connectivity index (χ1n) is 9.50. The molecule has 1 atom stereocenters. The minimum atomic E-state index is 0.207. The Labute approximate surface area is 175 Å². The molecule has 0 spiro atoms. The number of nitrogens with zero attached hydrogens (tertiary/aromatic N) is 3. The molecule has 4 aromatic rings. The van der Waals surface area contributed by atoms with E-state index in [1.165, 1.54) is 16.0 Å². The molecule has 6 heteroatoms. The Morgan fingerprint density at radius 1 is 1.03 bits per heavy atom. The van der Waals surface area contributed by atoms with Crippen LogP contribution < -0.4 is 10.1 Å². The largest absolute Gasteiger partial charge is 0.497 e. The number of thiophene rings is 1. The number of hydrogen-bond acceptors (Lipinski definition) is 6. The van der Waals surface area contributed by atoms with Gasteiger partial charge in [0.25, 0.3) is 0 Å². The fourth-order valence-corrected chi connectivity index (χ4v) is 4.36. The second-order valence-electron chi connectivity index (χ2n) is 7.05. The van der Waals surface area contributed by atoms with E-state index in [-0.39, 0.29) is 6.04 Å². The number of ether oxygens (including phenoxy) is 1. The summed E-state index contributed by atoms with van der Waals surface area (Å²) in [6, 6.07) is 21.0. The molecule has 0 unspecified atom stereocenters. The van der Waals surface area contributed by atoms with E-state index in [2.05, 4.69) is 76.7 Å². The summed E-state index contributed by atoms with van der Waals surface area (Å²) in [5.74, 6) is 1.73. The summed E-state index contributed by atoms with van der Waals surface area (Å²) in [5.41, 5.74) is 2.43. The number of hydrogen-bond donors (Lipinski definition) is 1. The molecule has 0 radical (unpaired) electrons. The van der Waals surface area contributed by atoms with Gasteiger partial charge < -0.3 is 15.0 Å². The second-order valence-corrected chi connectivity index (χ2v) is 8.08. The highest BCUT2D eigenvalue weighted by atomic mass is 32.1. The van der Waals surface area contributed by atoms with Crippen LogP contribution in [0.25, 0.3) is 20.7 Å². The van der Waals surface area contributed by atoms with Crippen LogP contribution in [0.4, 0.5) is 5.82 Å². The summed E-state index contributed by atoms with van der Waals surface area (Å²) >= 11 is 1.69. The third-order valence-electron chi connectivity index (χ3n) is 4.97. The number of fused-ring (bicyclic) bond motifs is 1. The number of aromatic nitrogens is 2. The lowest BCUT2D eigenvalue weighted by Crippen LogP contribution is -2.27. The summed E-state index contributed by atoms with van der Waals surface area (Å²) in [6.45, 7) is 0.738. The molecule has 29 heavy (non-hydrogen) atoms. The van der Waals surface area contributed by atoms with Gasteiger partial charge >= 0.3 is 0 Å². The number of rotatable bonds is 7. The predicted octanol–water partition coefficient (Wildman–Crippen LogP) is 5.08. The van der Waals surface area contributed by atoms with Crippen LogP contribution in [0.1, 0.15) is 11.6 Å². The fraction of sp³-hybridized carbons (Fsp3) is 0.217. The van der Waals surface area contributed by atoms with Gasteiger partial charge in [0.1, 0.15) is 22.7 Å². The zero-order valence-corrected chi connectivity index (χ0v) is 17.6. The molecule has 0 saturated heterocycles. The number of benzene rings is 2. The lowest BCUT2D eigenvalue weighted by Gasteiger charge is -2.25. The molecule has 0 aliphatic rings. The number of methoxy groups -OCH3 is 1. The van der Waals surface area contributed by atoms with E-state index in [0.29, 0.717) is 0 Å². The van der Waals surface area contributed by atoms with E-state index in [1.54, 1.807) is 24.8 Å². The predicted molar refractivity (Wildman–Crippen MR) is 121 cm³/mol. The Kier molecular flexibility index (Phi) is 5.74. The van der Waals surface area contributed by atoms with Gasteiger partial charge in [-0.25, -0.2) is 9.97 Å². The van der Waals surface area contributed by atoms with Crippen molar-refractivity contribution in [3.63, 3.8) is 0 Å². The summed E-state index contributed by atoms with van der Waals surface area (Å²) in [5, 5.41) is 4.60. The summed E-state index contributed by atoms with van der Waals surface area (Å²) in [4.78, 5) is 13.4. The lowest BCUT2D eigenvalue weighted by atomic mass is 10.1. The van der Waals surface area contributed by atoms with Crippen molar-refractivity contribution in [1.82, 2.24) is 14.9 Å². The van der Waals surface area contributed by atoms with Crippen LogP contribution in [0.15, 0.2) is 67.0 Å². The highest BCUT2D eigenvalue weighted by Gasteiger charge is 2.16. The Bertz CT molecular complexity index is 1080. The molecule has 2 aromatic heterocycles. The van der Waals surface area contributed by atoms with E-state index in [4.69, 9.17) is 4.74 Å². The number of likely N-dealkylation sites (N-methyl/N-ethyl adjacent to an activating group) is 1. The van der Waals surface area contributed by atoms with Crippen LogP contribution in [0.3, 0.4) is 0 Å². The summed E-state index contributed by atoms with van der Waals surface area (Å²) in [6.07, 6.45) is 1.63. The minimum absolute atomic E-state index is 0.207. The van der Waals surface area contributed by atoms with Gasteiger partial charge in [0.2, 0.25) is 0 Å². The summed E-state index contributed by atoms with van der Waals surface area (Å²) < 4.78 is 5.28. The summed E-state index contributed by atoms with van der Waals surface area (Å²) in [7, 11) is 5.86. The Morgan fingerprint density at radius 2 is 1.79 bits per heavy atom. The van der Waals surface area contributed by atoms with Crippen molar-refractivity contribution in [2.75, 3.05) is 33.1 Å². The normalized spacial score (nSPS) is 12.3. The van der Waals surface area contributed by atoms with E-state index in [0.717, 1.165) is 28.3 Å². The molecule has 0 aliphatic carbocycles. The fourth-order valence-electron chi connectivity index (χ4n) is 3.36. The molecule has 0 fully saturated rings. The van der Waals surface area contributed by atoms with Crippen LogP contribution >= 0.6 is 11.3 Å². The zero-order valence-electron chi connectivity index (χ0n) is 16.8. The molecule has 0 aliphatic heterocycles. The molecule has 2 aromatic carbocycles. The molecule has 2 heterocycles. The van der Waals surface area contributed by atoms with Crippen molar-refractivity contribution in [2.24, 2.45) is 0 Å². The van der Waals surface area contributed by atoms with Gasteiger partial charge in [-0.1, -0.05) is 42.5 Å². The lowest BCUT2D eigenvalue weighted by molar-refractivity contribution is 0.311. The monoisotopic (exact) mass is 404 g/mol.